The van der Waals surface area contributed by atoms with E-state index in [9.17, 15) is 4.39 Å². The molecule has 1 nitrogen and oxygen atoms in total. The number of alkyl halides is 1. The van der Waals surface area contributed by atoms with Crippen LogP contribution in [0.2, 0.25) is 0 Å². The van der Waals surface area contributed by atoms with Crippen molar-refractivity contribution in [1.82, 2.24) is 0 Å². The maximum atomic E-state index is 11.6. The SMILES string of the molecule is CCCC(CC)CCCCCOCF. The van der Waals surface area contributed by atoms with Gasteiger partial charge >= 0.3 is 0 Å². The molecule has 0 saturated carbocycles. The predicted octanol–water partition coefficient (Wildman–Crippen LogP) is 4.32. The van der Waals surface area contributed by atoms with Crippen LogP contribution in [0.1, 0.15) is 58.8 Å². The van der Waals surface area contributed by atoms with E-state index in [1.54, 1.807) is 0 Å². The van der Waals surface area contributed by atoms with E-state index in [1.165, 1.54) is 38.5 Å². The molecule has 0 aliphatic rings. The molecule has 0 fully saturated rings. The summed E-state index contributed by atoms with van der Waals surface area (Å²) in [5.41, 5.74) is 0. The van der Waals surface area contributed by atoms with Crippen molar-refractivity contribution in [2.45, 2.75) is 58.8 Å². The van der Waals surface area contributed by atoms with E-state index >= 15 is 0 Å². The van der Waals surface area contributed by atoms with Crippen LogP contribution >= 0.6 is 0 Å². The van der Waals surface area contributed by atoms with Crippen molar-refractivity contribution in [1.29, 1.82) is 0 Å². The number of unbranched alkanes of at least 4 members (excludes halogenated alkanes) is 2. The lowest BCUT2D eigenvalue weighted by Crippen LogP contribution is -1.99. The van der Waals surface area contributed by atoms with E-state index in [1.807, 2.05) is 0 Å². The molecule has 0 rings (SSSR count). The van der Waals surface area contributed by atoms with Crippen LogP contribution in [0.15, 0.2) is 0 Å². The van der Waals surface area contributed by atoms with E-state index in [4.69, 9.17) is 0 Å². The lowest BCUT2D eigenvalue weighted by Gasteiger charge is -2.12. The highest BCUT2D eigenvalue weighted by Gasteiger charge is 2.03. The Morgan fingerprint density at radius 1 is 1.07 bits per heavy atom. The quantitative estimate of drug-likeness (QED) is 0.482. The monoisotopic (exact) mass is 204 g/mol. The normalized spacial score (nSPS) is 13.1. The summed E-state index contributed by atoms with van der Waals surface area (Å²) in [6, 6.07) is 0. The molecule has 0 aromatic rings. The largest absolute Gasteiger partial charge is 0.350 e. The summed E-state index contributed by atoms with van der Waals surface area (Å²) >= 11 is 0. The third-order valence-corrected chi connectivity index (χ3v) is 2.75. The maximum absolute atomic E-state index is 11.6. The number of hydrogen-bond donors (Lipinski definition) is 0. The van der Waals surface area contributed by atoms with Gasteiger partial charge < -0.3 is 4.74 Å². The van der Waals surface area contributed by atoms with Crippen molar-refractivity contribution < 1.29 is 9.13 Å². The lowest BCUT2D eigenvalue weighted by molar-refractivity contribution is 0.0553. The van der Waals surface area contributed by atoms with E-state index in [0.717, 1.165) is 12.3 Å². The van der Waals surface area contributed by atoms with Gasteiger partial charge in [0.05, 0.1) is 0 Å². The summed E-state index contributed by atoms with van der Waals surface area (Å²) in [5, 5.41) is 0. The van der Waals surface area contributed by atoms with Gasteiger partial charge in [0.15, 0.2) is 6.86 Å². The number of rotatable bonds is 10. The molecule has 14 heavy (non-hydrogen) atoms. The molecular weight excluding hydrogens is 179 g/mol. The first kappa shape index (κ1) is 13.9. The average molecular weight is 204 g/mol. The molecule has 1 unspecified atom stereocenters. The van der Waals surface area contributed by atoms with Crippen LogP contribution in [-0.2, 0) is 4.74 Å². The van der Waals surface area contributed by atoms with Crippen LogP contribution in [0, 0.1) is 5.92 Å². The van der Waals surface area contributed by atoms with Crippen LogP contribution < -0.4 is 0 Å². The molecule has 2 heteroatoms. The average Bonchev–Trinajstić information content (AvgIpc) is 2.21. The van der Waals surface area contributed by atoms with Crippen molar-refractivity contribution >= 4 is 0 Å². The molecule has 86 valence electrons. The van der Waals surface area contributed by atoms with Crippen molar-refractivity contribution in [3.63, 3.8) is 0 Å². The fourth-order valence-electron chi connectivity index (χ4n) is 1.83. The lowest BCUT2D eigenvalue weighted by atomic mass is 9.94. The van der Waals surface area contributed by atoms with Crippen LogP contribution in [-0.4, -0.2) is 13.5 Å². The number of halogens is 1. The van der Waals surface area contributed by atoms with E-state index in [0.29, 0.717) is 6.61 Å². The van der Waals surface area contributed by atoms with Gasteiger partial charge in [0.25, 0.3) is 0 Å². The molecule has 0 radical (unpaired) electrons. The van der Waals surface area contributed by atoms with Gasteiger partial charge in [0.1, 0.15) is 0 Å². The van der Waals surface area contributed by atoms with Gasteiger partial charge in [0, 0.05) is 6.61 Å². The van der Waals surface area contributed by atoms with Gasteiger partial charge in [-0.05, 0) is 12.3 Å². The topological polar surface area (TPSA) is 9.23 Å². The second-order valence-corrected chi connectivity index (χ2v) is 3.93. The van der Waals surface area contributed by atoms with Crippen molar-refractivity contribution in [3.8, 4) is 0 Å². The molecule has 1 atom stereocenters. The third-order valence-electron chi connectivity index (χ3n) is 2.75. The summed E-state index contributed by atoms with van der Waals surface area (Å²) < 4.78 is 16.2. The molecule has 0 N–H and O–H groups in total. The zero-order chi connectivity index (χ0) is 10.6. The zero-order valence-corrected chi connectivity index (χ0v) is 9.73. The minimum absolute atomic E-state index is 0.584. The molecule has 0 heterocycles. The molecule has 0 aliphatic heterocycles. The predicted molar refractivity (Wildman–Crippen MR) is 59.1 cm³/mol. The first-order valence-corrected chi connectivity index (χ1v) is 5.98. The molecule has 0 bridgehead atoms. The Bertz CT molecular complexity index is 106. The Kier molecular flexibility index (Phi) is 10.9. The smallest absolute Gasteiger partial charge is 0.188 e. The fourth-order valence-corrected chi connectivity index (χ4v) is 1.83. The van der Waals surface area contributed by atoms with Gasteiger partial charge in [-0.25, -0.2) is 4.39 Å². The van der Waals surface area contributed by atoms with Crippen molar-refractivity contribution in [2.75, 3.05) is 13.5 Å². The molecule has 0 saturated heterocycles. The summed E-state index contributed by atoms with van der Waals surface area (Å²) in [5.74, 6) is 0.905. The standard InChI is InChI=1S/C12H25FO/c1-3-8-12(4-2)9-6-5-7-10-14-11-13/h12H,3-11H2,1-2H3. The Balaban J connectivity index is 3.15. The van der Waals surface area contributed by atoms with Gasteiger partial charge in [-0.2, -0.15) is 0 Å². The summed E-state index contributed by atoms with van der Waals surface area (Å²) in [6.45, 7) is 4.47. The molecule has 0 amide bonds. The van der Waals surface area contributed by atoms with Crippen LogP contribution in [0.5, 0.6) is 0 Å². The molecule has 0 aliphatic carbocycles. The van der Waals surface area contributed by atoms with Crippen molar-refractivity contribution in [2.24, 2.45) is 5.92 Å². The first-order valence-electron chi connectivity index (χ1n) is 5.98. The molecular formula is C12H25FO. The van der Waals surface area contributed by atoms with E-state index < -0.39 is 6.86 Å². The highest BCUT2D eigenvalue weighted by atomic mass is 19.1. The fraction of sp³-hybridized carbons (Fsp3) is 1.00. The molecule has 0 aromatic heterocycles. The Labute approximate surface area is 88.0 Å². The maximum Gasteiger partial charge on any atom is 0.188 e. The van der Waals surface area contributed by atoms with E-state index in [-0.39, 0.29) is 0 Å². The van der Waals surface area contributed by atoms with Gasteiger partial charge in [0.2, 0.25) is 0 Å². The van der Waals surface area contributed by atoms with E-state index in [2.05, 4.69) is 18.6 Å². The summed E-state index contributed by atoms with van der Waals surface area (Å²) in [7, 11) is 0. The Hall–Kier alpha value is -0.110. The second kappa shape index (κ2) is 11.0. The Morgan fingerprint density at radius 3 is 2.43 bits per heavy atom. The van der Waals surface area contributed by atoms with Gasteiger partial charge in [-0.1, -0.05) is 52.4 Å². The molecule has 0 spiro atoms. The van der Waals surface area contributed by atoms with Crippen molar-refractivity contribution in [3.05, 3.63) is 0 Å². The highest BCUT2D eigenvalue weighted by molar-refractivity contribution is 4.56. The third kappa shape index (κ3) is 8.49. The first-order chi connectivity index (χ1) is 6.85. The van der Waals surface area contributed by atoms with Crippen LogP contribution in [0.4, 0.5) is 4.39 Å². The highest BCUT2D eigenvalue weighted by Crippen LogP contribution is 2.18. The van der Waals surface area contributed by atoms with Gasteiger partial charge in [-0.3, -0.25) is 0 Å². The second-order valence-electron chi connectivity index (χ2n) is 3.93. The number of hydrogen-bond acceptors (Lipinski definition) is 1. The van der Waals surface area contributed by atoms with Gasteiger partial charge in [-0.15, -0.1) is 0 Å². The summed E-state index contributed by atoms with van der Waals surface area (Å²) in [6.07, 6.45) is 8.75. The minimum Gasteiger partial charge on any atom is -0.350 e. The zero-order valence-electron chi connectivity index (χ0n) is 9.73. The number of ether oxygens (including phenoxy) is 1. The Morgan fingerprint density at radius 2 is 1.86 bits per heavy atom. The minimum atomic E-state index is -0.632. The summed E-state index contributed by atoms with van der Waals surface area (Å²) in [4.78, 5) is 0. The van der Waals surface area contributed by atoms with Crippen LogP contribution in [0.3, 0.4) is 0 Å². The molecule has 0 aromatic carbocycles. The van der Waals surface area contributed by atoms with Crippen LogP contribution in [0.25, 0.3) is 0 Å².